The second kappa shape index (κ2) is 5.56. The summed E-state index contributed by atoms with van der Waals surface area (Å²) in [5, 5.41) is 10.4. The van der Waals surface area contributed by atoms with E-state index in [4.69, 9.17) is 0 Å². The number of nitrogens with zero attached hydrogens (tertiary/aromatic N) is 1. The zero-order valence-electron chi connectivity index (χ0n) is 11.3. The number of ether oxygens (including phenoxy) is 1. The molecule has 2 aromatic rings. The van der Waals surface area contributed by atoms with Crippen LogP contribution in [0.5, 0.6) is 0 Å². The van der Waals surface area contributed by atoms with Gasteiger partial charge in [0.2, 0.25) is 0 Å². The number of anilines is 1. The van der Waals surface area contributed by atoms with Crippen LogP contribution in [0.2, 0.25) is 0 Å². The van der Waals surface area contributed by atoms with Crippen LogP contribution in [-0.4, -0.2) is 23.3 Å². The number of aryl methyl sites for hydroxylation is 2. The number of rotatable bonds is 4. The van der Waals surface area contributed by atoms with E-state index in [0.29, 0.717) is 12.1 Å². The highest BCUT2D eigenvalue weighted by molar-refractivity contribution is 5.89. The maximum Gasteiger partial charge on any atom is 0.337 e. The molecule has 0 saturated heterocycles. The molecule has 1 aromatic heterocycles. The van der Waals surface area contributed by atoms with Crippen molar-refractivity contribution in [3.05, 3.63) is 46.8 Å². The smallest absolute Gasteiger partial charge is 0.337 e. The summed E-state index contributed by atoms with van der Waals surface area (Å²) in [5.74, 6) is -0.326. The van der Waals surface area contributed by atoms with Crippen LogP contribution in [0.3, 0.4) is 0 Å². The van der Waals surface area contributed by atoms with Crippen molar-refractivity contribution < 1.29 is 9.53 Å². The Labute approximate surface area is 112 Å². The lowest BCUT2D eigenvalue weighted by Gasteiger charge is -2.07. The lowest BCUT2D eigenvalue weighted by Crippen LogP contribution is -2.03. The minimum absolute atomic E-state index is 0.326. The summed E-state index contributed by atoms with van der Waals surface area (Å²) < 4.78 is 4.65. The SMILES string of the molecule is COC(=O)c1ccc(NCc2c(C)n[nH]c2C)cc1. The largest absolute Gasteiger partial charge is 0.465 e. The Morgan fingerprint density at radius 2 is 2.00 bits per heavy atom. The van der Waals surface area contributed by atoms with Gasteiger partial charge in [-0.3, -0.25) is 5.10 Å². The van der Waals surface area contributed by atoms with Gasteiger partial charge in [0.05, 0.1) is 18.4 Å². The van der Waals surface area contributed by atoms with Gasteiger partial charge < -0.3 is 10.1 Å². The first-order valence-electron chi connectivity index (χ1n) is 6.04. The molecule has 0 atom stereocenters. The fourth-order valence-corrected chi connectivity index (χ4v) is 1.87. The van der Waals surface area contributed by atoms with Crippen LogP contribution in [0.25, 0.3) is 0 Å². The number of carbonyl (C=O) groups is 1. The Hall–Kier alpha value is -2.30. The number of carbonyl (C=O) groups excluding carboxylic acids is 1. The third-order valence-corrected chi connectivity index (χ3v) is 3.06. The Bertz CT molecular complexity index is 553. The van der Waals surface area contributed by atoms with Gasteiger partial charge in [0.15, 0.2) is 0 Å². The molecule has 0 radical (unpaired) electrons. The molecule has 5 nitrogen and oxygen atoms in total. The highest BCUT2D eigenvalue weighted by atomic mass is 16.5. The second-order valence-corrected chi connectivity index (χ2v) is 4.34. The number of benzene rings is 1. The van der Waals surface area contributed by atoms with Gasteiger partial charge in [0.25, 0.3) is 0 Å². The molecule has 0 aliphatic carbocycles. The van der Waals surface area contributed by atoms with Crippen molar-refractivity contribution in [1.29, 1.82) is 0 Å². The van der Waals surface area contributed by atoms with Crippen molar-refractivity contribution in [1.82, 2.24) is 10.2 Å². The van der Waals surface area contributed by atoms with Crippen molar-refractivity contribution >= 4 is 11.7 Å². The summed E-state index contributed by atoms with van der Waals surface area (Å²) in [6.07, 6.45) is 0. The van der Waals surface area contributed by atoms with E-state index in [1.165, 1.54) is 7.11 Å². The molecule has 0 spiro atoms. The summed E-state index contributed by atoms with van der Waals surface area (Å²) >= 11 is 0. The average molecular weight is 259 g/mol. The van der Waals surface area contributed by atoms with Crippen LogP contribution in [0.1, 0.15) is 27.3 Å². The van der Waals surface area contributed by atoms with Crippen molar-refractivity contribution in [2.24, 2.45) is 0 Å². The van der Waals surface area contributed by atoms with E-state index in [0.717, 1.165) is 22.6 Å². The van der Waals surface area contributed by atoms with Gasteiger partial charge in [-0.25, -0.2) is 4.79 Å². The van der Waals surface area contributed by atoms with E-state index in [1.54, 1.807) is 12.1 Å². The summed E-state index contributed by atoms with van der Waals surface area (Å²) in [6.45, 7) is 4.67. The first-order valence-corrected chi connectivity index (χ1v) is 6.04. The van der Waals surface area contributed by atoms with Crippen LogP contribution in [0.4, 0.5) is 5.69 Å². The first kappa shape index (κ1) is 13.1. The highest BCUT2D eigenvalue weighted by Gasteiger charge is 2.07. The second-order valence-electron chi connectivity index (χ2n) is 4.34. The van der Waals surface area contributed by atoms with E-state index in [2.05, 4.69) is 20.3 Å². The van der Waals surface area contributed by atoms with Gasteiger partial charge in [-0.05, 0) is 38.1 Å². The fourth-order valence-electron chi connectivity index (χ4n) is 1.87. The molecule has 5 heteroatoms. The predicted octanol–water partition coefficient (Wildman–Crippen LogP) is 2.43. The predicted molar refractivity (Wildman–Crippen MR) is 73.2 cm³/mol. The lowest BCUT2D eigenvalue weighted by molar-refractivity contribution is 0.0601. The zero-order chi connectivity index (χ0) is 13.8. The Morgan fingerprint density at radius 1 is 1.32 bits per heavy atom. The standard InChI is InChI=1S/C14H17N3O2/c1-9-13(10(2)17-16-9)8-15-12-6-4-11(5-7-12)14(18)19-3/h4-7,15H,8H2,1-3H3,(H,16,17). The summed E-state index contributed by atoms with van der Waals surface area (Å²) in [5.41, 5.74) is 4.72. The molecule has 19 heavy (non-hydrogen) atoms. The normalized spacial score (nSPS) is 10.3. The molecular formula is C14H17N3O2. The van der Waals surface area contributed by atoms with Gasteiger partial charge in [-0.15, -0.1) is 0 Å². The van der Waals surface area contributed by atoms with Crippen molar-refractivity contribution in [3.8, 4) is 0 Å². The molecule has 0 saturated carbocycles. The molecule has 1 heterocycles. The summed E-state index contributed by atoms with van der Waals surface area (Å²) in [4.78, 5) is 11.3. The molecule has 100 valence electrons. The number of aromatic amines is 1. The number of nitrogens with one attached hydrogen (secondary N) is 2. The fraction of sp³-hybridized carbons (Fsp3) is 0.286. The quantitative estimate of drug-likeness (QED) is 0.827. The molecule has 0 fully saturated rings. The minimum atomic E-state index is -0.326. The Kier molecular flexibility index (Phi) is 3.85. The van der Waals surface area contributed by atoms with Gasteiger partial charge in [0.1, 0.15) is 0 Å². The molecule has 0 aliphatic heterocycles. The molecule has 1 aromatic carbocycles. The third-order valence-electron chi connectivity index (χ3n) is 3.06. The number of methoxy groups -OCH3 is 1. The van der Waals surface area contributed by atoms with Gasteiger partial charge in [-0.1, -0.05) is 0 Å². The van der Waals surface area contributed by atoms with Crippen molar-refractivity contribution in [2.45, 2.75) is 20.4 Å². The monoisotopic (exact) mass is 259 g/mol. The molecule has 0 aliphatic rings. The third kappa shape index (κ3) is 2.93. The summed E-state index contributed by atoms with van der Waals surface area (Å²) in [7, 11) is 1.37. The Morgan fingerprint density at radius 3 is 2.53 bits per heavy atom. The van der Waals surface area contributed by atoms with Crippen LogP contribution in [0, 0.1) is 13.8 Å². The molecule has 0 bridgehead atoms. The van der Waals surface area contributed by atoms with E-state index < -0.39 is 0 Å². The lowest BCUT2D eigenvalue weighted by atomic mass is 10.2. The maximum absolute atomic E-state index is 11.3. The first-order chi connectivity index (χ1) is 9.11. The van der Waals surface area contributed by atoms with Gasteiger partial charge >= 0.3 is 5.97 Å². The van der Waals surface area contributed by atoms with Gasteiger partial charge in [0, 0.05) is 23.5 Å². The molecular weight excluding hydrogens is 242 g/mol. The maximum atomic E-state index is 11.3. The van der Waals surface area contributed by atoms with E-state index in [9.17, 15) is 4.79 Å². The summed E-state index contributed by atoms with van der Waals surface area (Å²) in [6, 6.07) is 7.19. The van der Waals surface area contributed by atoms with E-state index in [-0.39, 0.29) is 5.97 Å². The highest BCUT2D eigenvalue weighted by Crippen LogP contribution is 2.14. The molecule has 0 unspecified atom stereocenters. The van der Waals surface area contributed by atoms with Crippen LogP contribution in [0.15, 0.2) is 24.3 Å². The molecule has 2 rings (SSSR count). The number of hydrogen-bond donors (Lipinski definition) is 2. The van der Waals surface area contributed by atoms with Crippen molar-refractivity contribution in [3.63, 3.8) is 0 Å². The topological polar surface area (TPSA) is 67.0 Å². The van der Waals surface area contributed by atoms with E-state index >= 15 is 0 Å². The molecule has 0 amide bonds. The minimum Gasteiger partial charge on any atom is -0.465 e. The van der Waals surface area contributed by atoms with Crippen LogP contribution in [-0.2, 0) is 11.3 Å². The van der Waals surface area contributed by atoms with E-state index in [1.807, 2.05) is 26.0 Å². The Balaban J connectivity index is 2.03. The van der Waals surface area contributed by atoms with Gasteiger partial charge in [-0.2, -0.15) is 5.10 Å². The average Bonchev–Trinajstić information content (AvgIpc) is 2.75. The molecule has 2 N–H and O–H groups in total. The van der Waals surface area contributed by atoms with Crippen molar-refractivity contribution in [2.75, 3.05) is 12.4 Å². The number of aromatic nitrogens is 2. The van der Waals surface area contributed by atoms with Crippen LogP contribution >= 0.6 is 0 Å². The van der Waals surface area contributed by atoms with Crippen LogP contribution < -0.4 is 5.32 Å². The number of esters is 1. The number of hydrogen-bond acceptors (Lipinski definition) is 4. The number of H-pyrrole nitrogens is 1. The zero-order valence-corrected chi connectivity index (χ0v) is 11.3.